The number of rotatable bonds is 0. The summed E-state index contributed by atoms with van der Waals surface area (Å²) in [5.74, 6) is 0.753. The third-order valence-electron chi connectivity index (χ3n) is 3.01. The molecule has 1 heterocycles. The molecule has 1 aliphatic heterocycles. The summed E-state index contributed by atoms with van der Waals surface area (Å²) >= 11 is 0. The maximum atomic E-state index is 11.8. The summed E-state index contributed by atoms with van der Waals surface area (Å²) in [5.41, 5.74) is -0.473. The molecule has 1 amide bonds. The fourth-order valence-corrected chi connectivity index (χ4v) is 2.39. The number of carbonyl (C=O) groups excluding carboxylic acids is 1. The van der Waals surface area contributed by atoms with Crippen molar-refractivity contribution in [3.8, 4) is 0 Å². The Morgan fingerprint density at radius 2 is 2.13 bits per heavy atom. The molecule has 1 aliphatic carbocycles. The Balaban J connectivity index is 2.06. The highest BCUT2D eigenvalue weighted by Crippen LogP contribution is 2.39. The van der Waals surface area contributed by atoms with E-state index in [1.54, 1.807) is 4.90 Å². The van der Waals surface area contributed by atoms with Gasteiger partial charge in [-0.2, -0.15) is 0 Å². The van der Waals surface area contributed by atoms with Gasteiger partial charge in [0.2, 0.25) is 0 Å². The lowest BCUT2D eigenvalue weighted by Gasteiger charge is -2.30. The number of ether oxygens (including phenoxy) is 1. The first-order valence-corrected chi connectivity index (χ1v) is 5.49. The lowest BCUT2D eigenvalue weighted by molar-refractivity contribution is 0.0324. The van der Waals surface area contributed by atoms with E-state index in [9.17, 15) is 4.79 Å². The minimum Gasteiger partial charge on any atom is -0.443 e. The largest absolute Gasteiger partial charge is 0.443 e. The predicted molar refractivity (Wildman–Crippen MR) is 56.9 cm³/mol. The molecular formula is C11H18N2O2. The van der Waals surface area contributed by atoms with Crippen molar-refractivity contribution in [3.63, 3.8) is 0 Å². The number of nitrogens with one attached hydrogen (secondary N) is 1. The van der Waals surface area contributed by atoms with Crippen molar-refractivity contribution < 1.29 is 9.53 Å². The number of nitrogens with zero attached hydrogens (tertiary/aromatic N) is 1. The smallest absolute Gasteiger partial charge is 0.416 e. The van der Waals surface area contributed by atoms with Crippen LogP contribution in [-0.4, -0.2) is 28.5 Å². The zero-order valence-corrected chi connectivity index (χ0v) is 9.54. The van der Waals surface area contributed by atoms with Crippen LogP contribution in [-0.2, 0) is 4.74 Å². The van der Waals surface area contributed by atoms with E-state index in [0.717, 1.165) is 19.3 Å². The Hall–Kier alpha value is -1.06. The van der Waals surface area contributed by atoms with E-state index >= 15 is 0 Å². The topological polar surface area (TPSA) is 53.4 Å². The molecule has 1 saturated carbocycles. The SMILES string of the molecule is CC(C)(C)OC(=O)N1C(=N)[C@H]2CC[C@@H]1C2. The van der Waals surface area contributed by atoms with Crippen LogP contribution in [0.15, 0.2) is 0 Å². The van der Waals surface area contributed by atoms with Gasteiger partial charge in [0.1, 0.15) is 11.4 Å². The highest BCUT2D eigenvalue weighted by Gasteiger charge is 2.46. The fraction of sp³-hybridized carbons (Fsp3) is 0.818. The van der Waals surface area contributed by atoms with Gasteiger partial charge in [-0.3, -0.25) is 10.3 Å². The average molecular weight is 210 g/mol. The van der Waals surface area contributed by atoms with Gasteiger partial charge in [0.15, 0.2) is 0 Å². The van der Waals surface area contributed by atoms with Gasteiger partial charge in [0.05, 0.1) is 0 Å². The molecule has 1 saturated heterocycles. The molecule has 2 fully saturated rings. The summed E-state index contributed by atoms with van der Waals surface area (Å²) in [6, 6.07) is 0.220. The molecular weight excluding hydrogens is 192 g/mol. The van der Waals surface area contributed by atoms with Crippen molar-refractivity contribution in [1.29, 1.82) is 5.41 Å². The second-order valence-electron chi connectivity index (χ2n) is 5.40. The number of fused-ring (bicyclic) bond motifs is 2. The van der Waals surface area contributed by atoms with Crippen LogP contribution in [0.5, 0.6) is 0 Å². The highest BCUT2D eigenvalue weighted by atomic mass is 16.6. The molecule has 4 nitrogen and oxygen atoms in total. The molecule has 0 aromatic heterocycles. The first kappa shape index (κ1) is 10.5. The van der Waals surface area contributed by atoms with Gasteiger partial charge in [-0.25, -0.2) is 4.79 Å². The fourth-order valence-electron chi connectivity index (χ4n) is 2.39. The van der Waals surface area contributed by atoms with E-state index < -0.39 is 5.60 Å². The van der Waals surface area contributed by atoms with Crippen molar-refractivity contribution in [2.24, 2.45) is 5.92 Å². The van der Waals surface area contributed by atoms with E-state index in [2.05, 4.69) is 0 Å². The highest BCUT2D eigenvalue weighted by molar-refractivity contribution is 5.98. The van der Waals surface area contributed by atoms with Crippen LogP contribution >= 0.6 is 0 Å². The first-order chi connectivity index (χ1) is 6.88. The van der Waals surface area contributed by atoms with Crippen LogP contribution in [0.2, 0.25) is 0 Å². The zero-order chi connectivity index (χ0) is 11.2. The van der Waals surface area contributed by atoms with E-state index in [1.807, 2.05) is 20.8 Å². The summed E-state index contributed by atoms with van der Waals surface area (Å²) in [4.78, 5) is 13.4. The maximum Gasteiger partial charge on any atom is 0.416 e. The van der Waals surface area contributed by atoms with Gasteiger partial charge in [-0.05, 0) is 40.0 Å². The van der Waals surface area contributed by atoms with Crippen molar-refractivity contribution in [1.82, 2.24) is 4.90 Å². The third-order valence-corrected chi connectivity index (χ3v) is 3.01. The maximum absolute atomic E-state index is 11.8. The van der Waals surface area contributed by atoms with Gasteiger partial charge in [0, 0.05) is 12.0 Å². The molecule has 15 heavy (non-hydrogen) atoms. The second kappa shape index (κ2) is 3.22. The lowest BCUT2D eigenvalue weighted by Crippen LogP contribution is -2.44. The Kier molecular flexibility index (Phi) is 2.24. The van der Waals surface area contributed by atoms with E-state index in [4.69, 9.17) is 10.1 Å². The van der Waals surface area contributed by atoms with Crippen molar-refractivity contribution in [2.75, 3.05) is 0 Å². The van der Waals surface area contributed by atoms with Crippen molar-refractivity contribution in [3.05, 3.63) is 0 Å². The number of piperidine rings is 1. The normalized spacial score (nSPS) is 29.8. The Morgan fingerprint density at radius 1 is 1.47 bits per heavy atom. The van der Waals surface area contributed by atoms with Crippen LogP contribution < -0.4 is 0 Å². The summed E-state index contributed by atoms with van der Waals surface area (Å²) < 4.78 is 5.29. The number of carbonyl (C=O) groups is 1. The van der Waals surface area contributed by atoms with Crippen LogP contribution in [0, 0.1) is 11.3 Å². The van der Waals surface area contributed by atoms with Gasteiger partial charge in [-0.15, -0.1) is 0 Å². The molecule has 84 valence electrons. The van der Waals surface area contributed by atoms with Crippen LogP contribution in [0.1, 0.15) is 40.0 Å². The molecule has 1 N–H and O–H groups in total. The average Bonchev–Trinajstić information content (AvgIpc) is 2.59. The number of likely N-dealkylation sites (tertiary alicyclic amines) is 1. The van der Waals surface area contributed by atoms with Gasteiger partial charge < -0.3 is 4.74 Å². The van der Waals surface area contributed by atoms with E-state index in [1.165, 1.54) is 0 Å². The molecule has 2 rings (SSSR count). The summed E-state index contributed by atoms with van der Waals surface area (Å²) in [7, 11) is 0. The molecule has 0 aromatic rings. The van der Waals surface area contributed by atoms with Crippen LogP contribution in [0.4, 0.5) is 4.79 Å². The molecule has 2 atom stereocenters. The minimum atomic E-state index is -0.473. The Labute approximate surface area is 90.1 Å². The predicted octanol–water partition coefficient (Wildman–Crippen LogP) is 2.38. The molecule has 2 bridgehead atoms. The molecule has 4 heteroatoms. The Morgan fingerprint density at radius 3 is 2.60 bits per heavy atom. The van der Waals surface area contributed by atoms with E-state index in [-0.39, 0.29) is 12.1 Å². The minimum absolute atomic E-state index is 0.220. The van der Waals surface area contributed by atoms with Gasteiger partial charge in [0.25, 0.3) is 0 Å². The molecule has 0 aromatic carbocycles. The van der Waals surface area contributed by atoms with E-state index in [0.29, 0.717) is 11.8 Å². The summed E-state index contributed by atoms with van der Waals surface area (Å²) in [5, 5.41) is 7.86. The summed E-state index contributed by atoms with van der Waals surface area (Å²) in [6.45, 7) is 5.55. The third kappa shape index (κ3) is 1.85. The van der Waals surface area contributed by atoms with Crippen molar-refractivity contribution >= 4 is 11.9 Å². The van der Waals surface area contributed by atoms with Gasteiger partial charge >= 0.3 is 6.09 Å². The lowest BCUT2D eigenvalue weighted by atomic mass is 10.1. The van der Waals surface area contributed by atoms with Gasteiger partial charge in [-0.1, -0.05) is 0 Å². The van der Waals surface area contributed by atoms with Crippen LogP contribution in [0.25, 0.3) is 0 Å². The first-order valence-electron chi connectivity index (χ1n) is 5.49. The second-order valence-corrected chi connectivity index (χ2v) is 5.40. The Bertz CT molecular complexity index is 306. The van der Waals surface area contributed by atoms with Crippen molar-refractivity contribution in [2.45, 2.75) is 51.7 Å². The standard InChI is InChI=1S/C11H18N2O2/c1-11(2,3)15-10(14)13-8-5-4-7(6-8)9(13)12/h7-8,12H,4-6H2,1-3H3/t7-,8+/m0/s1. The monoisotopic (exact) mass is 210 g/mol. The quantitative estimate of drug-likeness (QED) is 0.667. The zero-order valence-electron chi connectivity index (χ0n) is 9.54. The summed E-state index contributed by atoms with van der Waals surface area (Å²) in [6.07, 6.45) is 2.69. The number of amidine groups is 1. The number of amides is 1. The van der Waals surface area contributed by atoms with Crippen LogP contribution in [0.3, 0.4) is 0 Å². The number of hydrogen-bond donors (Lipinski definition) is 1. The molecule has 2 aliphatic rings. The molecule has 0 radical (unpaired) electrons. The number of hydrogen-bond acceptors (Lipinski definition) is 3. The molecule has 0 spiro atoms. The molecule has 0 unspecified atom stereocenters.